The molecule has 1 fully saturated rings. The minimum Gasteiger partial charge on any atom is -0.494 e. The summed E-state index contributed by atoms with van der Waals surface area (Å²) in [5.74, 6) is 0.951. The lowest BCUT2D eigenvalue weighted by atomic mass is 9.97. The molecule has 1 heterocycles. The highest BCUT2D eigenvalue weighted by Crippen LogP contribution is 2.28. The van der Waals surface area contributed by atoms with Crippen LogP contribution in [-0.2, 0) is 0 Å². The zero-order valence-electron chi connectivity index (χ0n) is 12.1. The van der Waals surface area contributed by atoms with Gasteiger partial charge in [0, 0.05) is 18.6 Å². The zero-order chi connectivity index (χ0) is 13.7. The Bertz CT molecular complexity index is 377. The maximum atomic E-state index is 5.91. The highest BCUT2D eigenvalue weighted by atomic mass is 16.5. The molecule has 0 aliphatic carbocycles. The second-order valence-corrected chi connectivity index (χ2v) is 5.30. The van der Waals surface area contributed by atoms with Gasteiger partial charge in [-0.3, -0.25) is 4.90 Å². The normalized spacial score (nSPS) is 22.2. The van der Waals surface area contributed by atoms with Crippen molar-refractivity contribution in [2.45, 2.75) is 45.2 Å². The highest BCUT2D eigenvalue weighted by Gasteiger charge is 2.26. The molecule has 0 aromatic heterocycles. The second-order valence-electron chi connectivity index (χ2n) is 5.30. The summed E-state index contributed by atoms with van der Waals surface area (Å²) < 4.78 is 5.49. The number of nitrogens with two attached hydrogens (primary N) is 1. The van der Waals surface area contributed by atoms with E-state index in [4.69, 9.17) is 10.5 Å². The fourth-order valence-corrected chi connectivity index (χ4v) is 2.99. The van der Waals surface area contributed by atoms with Crippen molar-refractivity contribution in [3.8, 4) is 5.75 Å². The summed E-state index contributed by atoms with van der Waals surface area (Å²) in [6.45, 7) is 6.94. The Morgan fingerprint density at radius 1 is 1.32 bits per heavy atom. The molecule has 106 valence electrons. The third-order valence-electron chi connectivity index (χ3n) is 4.12. The Morgan fingerprint density at radius 3 is 2.68 bits per heavy atom. The molecule has 2 unspecified atom stereocenters. The molecular formula is C16H26N2O. The van der Waals surface area contributed by atoms with E-state index >= 15 is 0 Å². The van der Waals surface area contributed by atoms with Gasteiger partial charge in [0.1, 0.15) is 5.75 Å². The molecule has 1 aliphatic rings. The molecule has 19 heavy (non-hydrogen) atoms. The number of likely N-dealkylation sites (tertiary alicyclic amines) is 1. The van der Waals surface area contributed by atoms with Crippen LogP contribution in [0.5, 0.6) is 5.75 Å². The second kappa shape index (κ2) is 6.92. The average Bonchev–Trinajstić information content (AvgIpc) is 2.47. The van der Waals surface area contributed by atoms with Crippen LogP contribution in [0.15, 0.2) is 24.3 Å². The molecule has 3 nitrogen and oxygen atoms in total. The first-order chi connectivity index (χ1) is 9.26. The molecule has 3 heteroatoms. The molecule has 2 atom stereocenters. The third kappa shape index (κ3) is 3.48. The standard InChI is InChI=1S/C16H26N2O/c1-3-19-16-9-7-14(8-10-16)13(2)18-11-5-4-6-15(18)12-17/h7-10,13,15H,3-6,11-12,17H2,1-2H3. The van der Waals surface area contributed by atoms with Crippen molar-refractivity contribution >= 4 is 0 Å². The maximum Gasteiger partial charge on any atom is 0.119 e. The Labute approximate surface area is 116 Å². The van der Waals surface area contributed by atoms with Gasteiger partial charge < -0.3 is 10.5 Å². The van der Waals surface area contributed by atoms with Crippen molar-refractivity contribution in [3.63, 3.8) is 0 Å². The molecule has 0 spiro atoms. The third-order valence-corrected chi connectivity index (χ3v) is 4.12. The number of piperidine rings is 1. The minimum atomic E-state index is 0.435. The van der Waals surface area contributed by atoms with Crippen LogP contribution in [0, 0.1) is 0 Å². The molecule has 1 saturated heterocycles. The van der Waals surface area contributed by atoms with Crippen LogP contribution in [0.2, 0.25) is 0 Å². The topological polar surface area (TPSA) is 38.5 Å². The van der Waals surface area contributed by atoms with Crippen LogP contribution in [0.1, 0.15) is 44.7 Å². The number of ether oxygens (including phenoxy) is 1. The van der Waals surface area contributed by atoms with Gasteiger partial charge in [0.25, 0.3) is 0 Å². The van der Waals surface area contributed by atoms with Gasteiger partial charge in [-0.1, -0.05) is 18.6 Å². The summed E-state index contributed by atoms with van der Waals surface area (Å²) in [5, 5.41) is 0. The number of benzene rings is 1. The average molecular weight is 262 g/mol. The molecular weight excluding hydrogens is 236 g/mol. The first-order valence-electron chi connectivity index (χ1n) is 7.44. The van der Waals surface area contributed by atoms with E-state index in [2.05, 4.69) is 36.1 Å². The number of hydrogen-bond donors (Lipinski definition) is 1. The summed E-state index contributed by atoms with van der Waals surface area (Å²) in [6.07, 6.45) is 3.84. The maximum absolute atomic E-state index is 5.91. The number of rotatable bonds is 5. The van der Waals surface area contributed by atoms with E-state index in [1.807, 2.05) is 6.92 Å². The number of hydrogen-bond acceptors (Lipinski definition) is 3. The van der Waals surface area contributed by atoms with Crippen LogP contribution in [0.3, 0.4) is 0 Å². The Morgan fingerprint density at radius 2 is 2.05 bits per heavy atom. The smallest absolute Gasteiger partial charge is 0.119 e. The SMILES string of the molecule is CCOc1ccc(C(C)N2CCCCC2CN)cc1. The largest absolute Gasteiger partial charge is 0.494 e. The summed E-state index contributed by atoms with van der Waals surface area (Å²) in [4.78, 5) is 2.55. The van der Waals surface area contributed by atoms with Crippen molar-refractivity contribution in [2.75, 3.05) is 19.7 Å². The summed E-state index contributed by atoms with van der Waals surface area (Å²) in [5.41, 5.74) is 7.26. The summed E-state index contributed by atoms with van der Waals surface area (Å²) >= 11 is 0. The summed E-state index contributed by atoms with van der Waals surface area (Å²) in [6, 6.07) is 9.46. The van der Waals surface area contributed by atoms with Crippen LogP contribution in [0.4, 0.5) is 0 Å². The van der Waals surface area contributed by atoms with Gasteiger partial charge in [-0.25, -0.2) is 0 Å². The van der Waals surface area contributed by atoms with Crippen LogP contribution in [0.25, 0.3) is 0 Å². The molecule has 1 aromatic rings. The zero-order valence-corrected chi connectivity index (χ0v) is 12.1. The molecule has 1 aliphatic heterocycles. The van der Waals surface area contributed by atoms with E-state index in [1.165, 1.54) is 24.8 Å². The van der Waals surface area contributed by atoms with E-state index in [-0.39, 0.29) is 0 Å². The molecule has 2 N–H and O–H groups in total. The van der Waals surface area contributed by atoms with Gasteiger partial charge in [0.05, 0.1) is 6.61 Å². The van der Waals surface area contributed by atoms with Crippen molar-refractivity contribution in [2.24, 2.45) is 5.73 Å². The lowest BCUT2D eigenvalue weighted by molar-refractivity contribution is 0.108. The van der Waals surface area contributed by atoms with Gasteiger partial charge in [0.15, 0.2) is 0 Å². The van der Waals surface area contributed by atoms with E-state index in [0.29, 0.717) is 12.1 Å². The van der Waals surface area contributed by atoms with E-state index < -0.39 is 0 Å². The monoisotopic (exact) mass is 262 g/mol. The lowest BCUT2D eigenvalue weighted by Crippen LogP contribution is -2.45. The molecule has 0 radical (unpaired) electrons. The van der Waals surface area contributed by atoms with Gasteiger partial charge in [0.2, 0.25) is 0 Å². The van der Waals surface area contributed by atoms with Crippen molar-refractivity contribution in [1.82, 2.24) is 4.90 Å². The first-order valence-corrected chi connectivity index (χ1v) is 7.44. The predicted octanol–water partition coefficient (Wildman–Crippen LogP) is 2.96. The van der Waals surface area contributed by atoms with Crippen LogP contribution in [-0.4, -0.2) is 30.6 Å². The van der Waals surface area contributed by atoms with Gasteiger partial charge >= 0.3 is 0 Å². The highest BCUT2D eigenvalue weighted by molar-refractivity contribution is 5.29. The summed E-state index contributed by atoms with van der Waals surface area (Å²) in [7, 11) is 0. The molecule has 0 amide bonds. The predicted molar refractivity (Wildman–Crippen MR) is 79.4 cm³/mol. The minimum absolute atomic E-state index is 0.435. The first kappa shape index (κ1) is 14.4. The quantitative estimate of drug-likeness (QED) is 0.886. The van der Waals surface area contributed by atoms with Crippen LogP contribution < -0.4 is 10.5 Å². The Balaban J connectivity index is 2.06. The molecule has 2 rings (SSSR count). The Hall–Kier alpha value is -1.06. The van der Waals surface area contributed by atoms with Crippen molar-refractivity contribution in [1.29, 1.82) is 0 Å². The van der Waals surface area contributed by atoms with Gasteiger partial charge in [-0.2, -0.15) is 0 Å². The fraction of sp³-hybridized carbons (Fsp3) is 0.625. The van der Waals surface area contributed by atoms with Crippen molar-refractivity contribution in [3.05, 3.63) is 29.8 Å². The van der Waals surface area contributed by atoms with Crippen LogP contribution >= 0.6 is 0 Å². The van der Waals surface area contributed by atoms with Crippen molar-refractivity contribution < 1.29 is 4.74 Å². The van der Waals surface area contributed by atoms with E-state index in [9.17, 15) is 0 Å². The lowest BCUT2D eigenvalue weighted by Gasteiger charge is -2.39. The fourth-order valence-electron chi connectivity index (χ4n) is 2.99. The van der Waals surface area contributed by atoms with E-state index in [0.717, 1.165) is 25.4 Å². The molecule has 0 saturated carbocycles. The number of nitrogens with zero attached hydrogens (tertiary/aromatic N) is 1. The van der Waals surface area contributed by atoms with E-state index in [1.54, 1.807) is 0 Å². The Kier molecular flexibility index (Phi) is 5.23. The van der Waals surface area contributed by atoms with Gasteiger partial charge in [-0.05, 0) is 50.9 Å². The molecule has 0 bridgehead atoms. The molecule has 1 aromatic carbocycles. The van der Waals surface area contributed by atoms with Gasteiger partial charge in [-0.15, -0.1) is 0 Å².